The van der Waals surface area contributed by atoms with Crippen LogP contribution in [0.1, 0.15) is 25.7 Å². The van der Waals surface area contributed by atoms with Gasteiger partial charge < -0.3 is 14.4 Å². The molecule has 1 aliphatic carbocycles. The van der Waals surface area contributed by atoms with E-state index in [0.717, 1.165) is 57.4 Å². The predicted molar refractivity (Wildman–Crippen MR) is 87.9 cm³/mol. The van der Waals surface area contributed by atoms with Gasteiger partial charge in [-0.1, -0.05) is 0 Å². The second-order valence-corrected chi connectivity index (χ2v) is 7.07. The first kappa shape index (κ1) is 15.1. The minimum Gasteiger partial charge on any atom is -0.481 e. The van der Waals surface area contributed by atoms with E-state index < -0.39 is 0 Å². The highest BCUT2D eigenvalue weighted by atomic mass is 16.5. The Labute approximate surface area is 137 Å². The largest absolute Gasteiger partial charge is 0.481 e. The fourth-order valence-corrected chi connectivity index (χ4v) is 3.89. The maximum Gasteiger partial charge on any atom is 0.218 e. The molecule has 3 aliphatic rings. The van der Waals surface area contributed by atoms with Crippen LogP contribution in [0.4, 0.5) is 5.82 Å². The zero-order chi connectivity index (χ0) is 15.7. The third-order valence-corrected chi connectivity index (χ3v) is 5.58. The van der Waals surface area contributed by atoms with Crippen LogP contribution in [0, 0.1) is 5.92 Å². The number of anilines is 1. The van der Waals surface area contributed by atoms with Crippen molar-refractivity contribution in [1.29, 1.82) is 0 Å². The lowest BCUT2D eigenvalue weighted by atomic mass is 9.85. The second-order valence-electron chi connectivity index (χ2n) is 7.07. The molecule has 4 rings (SSSR count). The van der Waals surface area contributed by atoms with Crippen LogP contribution in [-0.2, 0) is 4.74 Å². The number of rotatable bonds is 4. The van der Waals surface area contributed by atoms with Crippen molar-refractivity contribution < 1.29 is 9.47 Å². The first-order valence-electron chi connectivity index (χ1n) is 8.73. The number of ether oxygens (including phenoxy) is 2. The smallest absolute Gasteiger partial charge is 0.218 e. The Hall–Kier alpha value is -1.40. The van der Waals surface area contributed by atoms with Gasteiger partial charge in [0.1, 0.15) is 12.1 Å². The van der Waals surface area contributed by atoms with Crippen molar-refractivity contribution in [3.8, 4) is 5.88 Å². The lowest BCUT2D eigenvalue weighted by Crippen LogP contribution is -2.62. The molecule has 3 heterocycles. The molecule has 1 aromatic heterocycles. The third kappa shape index (κ3) is 3.15. The summed E-state index contributed by atoms with van der Waals surface area (Å²) in [4.78, 5) is 13.6. The molecule has 0 amide bonds. The lowest BCUT2D eigenvalue weighted by molar-refractivity contribution is -0.0816. The number of piperidine rings is 1. The number of morpholine rings is 1. The van der Waals surface area contributed by atoms with Crippen LogP contribution >= 0.6 is 0 Å². The average Bonchev–Trinajstić information content (AvgIpc) is 3.42. The summed E-state index contributed by atoms with van der Waals surface area (Å²) in [7, 11) is 1.65. The second kappa shape index (κ2) is 6.24. The average molecular weight is 318 g/mol. The Morgan fingerprint density at radius 1 is 1.26 bits per heavy atom. The van der Waals surface area contributed by atoms with Gasteiger partial charge in [0.15, 0.2) is 0 Å². The Bertz CT molecular complexity index is 541. The zero-order valence-corrected chi connectivity index (χ0v) is 13.9. The molecule has 0 radical (unpaired) electrons. The Morgan fingerprint density at radius 3 is 2.83 bits per heavy atom. The summed E-state index contributed by atoms with van der Waals surface area (Å²) in [6.07, 6.45) is 6.71. The van der Waals surface area contributed by atoms with Crippen molar-refractivity contribution in [2.45, 2.75) is 31.2 Å². The van der Waals surface area contributed by atoms with Crippen LogP contribution in [-0.4, -0.2) is 66.9 Å². The molecular weight excluding hydrogens is 292 g/mol. The van der Waals surface area contributed by atoms with Crippen molar-refractivity contribution in [2.24, 2.45) is 5.92 Å². The molecule has 6 heteroatoms. The number of hydrogen-bond donors (Lipinski definition) is 0. The van der Waals surface area contributed by atoms with Gasteiger partial charge in [-0.05, 0) is 31.6 Å². The molecule has 2 aliphatic heterocycles. The Balaban J connectivity index is 1.44. The minimum absolute atomic E-state index is 0.245. The molecule has 0 atom stereocenters. The molecule has 0 unspecified atom stereocenters. The molecular formula is C17H26N4O2. The monoisotopic (exact) mass is 318 g/mol. The van der Waals surface area contributed by atoms with Crippen LogP contribution in [0.2, 0.25) is 0 Å². The number of aromatic nitrogens is 2. The topological polar surface area (TPSA) is 50.7 Å². The van der Waals surface area contributed by atoms with E-state index in [0.29, 0.717) is 5.88 Å². The maximum atomic E-state index is 5.87. The molecule has 2 saturated heterocycles. The fraction of sp³-hybridized carbons (Fsp3) is 0.765. The minimum atomic E-state index is 0.245. The van der Waals surface area contributed by atoms with Crippen molar-refractivity contribution in [1.82, 2.24) is 14.9 Å². The first-order valence-corrected chi connectivity index (χ1v) is 8.73. The van der Waals surface area contributed by atoms with E-state index in [1.807, 2.05) is 6.07 Å². The van der Waals surface area contributed by atoms with Gasteiger partial charge >= 0.3 is 0 Å². The normalized spacial score (nSPS) is 24.8. The summed E-state index contributed by atoms with van der Waals surface area (Å²) in [5.74, 6) is 2.54. The highest BCUT2D eigenvalue weighted by Gasteiger charge is 2.44. The zero-order valence-electron chi connectivity index (χ0n) is 13.9. The summed E-state index contributed by atoms with van der Waals surface area (Å²) in [5.41, 5.74) is 0.245. The predicted octanol–water partition coefficient (Wildman–Crippen LogP) is 1.57. The summed E-state index contributed by atoms with van der Waals surface area (Å²) in [5, 5.41) is 0. The number of nitrogens with zero attached hydrogens (tertiary/aromatic N) is 4. The van der Waals surface area contributed by atoms with Crippen LogP contribution < -0.4 is 9.64 Å². The van der Waals surface area contributed by atoms with E-state index >= 15 is 0 Å². The van der Waals surface area contributed by atoms with Gasteiger partial charge in [-0.2, -0.15) is 0 Å². The highest BCUT2D eigenvalue weighted by Crippen LogP contribution is 2.38. The van der Waals surface area contributed by atoms with Crippen molar-refractivity contribution >= 4 is 5.82 Å². The van der Waals surface area contributed by atoms with Gasteiger partial charge in [0.25, 0.3) is 0 Å². The number of methoxy groups -OCH3 is 1. The van der Waals surface area contributed by atoms with Crippen molar-refractivity contribution in [3.05, 3.63) is 12.4 Å². The molecule has 1 saturated carbocycles. The quantitative estimate of drug-likeness (QED) is 0.840. The van der Waals surface area contributed by atoms with Gasteiger partial charge in [0, 0.05) is 37.8 Å². The van der Waals surface area contributed by atoms with E-state index in [1.165, 1.54) is 19.4 Å². The van der Waals surface area contributed by atoms with E-state index in [9.17, 15) is 0 Å². The Morgan fingerprint density at radius 2 is 2.09 bits per heavy atom. The summed E-state index contributed by atoms with van der Waals surface area (Å²) in [6, 6.07) is 1.93. The molecule has 1 spiro atoms. The van der Waals surface area contributed by atoms with Gasteiger partial charge in [0.05, 0.1) is 20.3 Å². The van der Waals surface area contributed by atoms with Crippen LogP contribution in [0.3, 0.4) is 0 Å². The van der Waals surface area contributed by atoms with Crippen molar-refractivity contribution in [2.75, 3.05) is 51.4 Å². The van der Waals surface area contributed by atoms with Gasteiger partial charge in [0.2, 0.25) is 5.88 Å². The van der Waals surface area contributed by atoms with Crippen LogP contribution in [0.5, 0.6) is 5.88 Å². The van der Waals surface area contributed by atoms with E-state index in [4.69, 9.17) is 9.47 Å². The molecule has 0 N–H and O–H groups in total. The lowest BCUT2D eigenvalue weighted by Gasteiger charge is -2.51. The van der Waals surface area contributed by atoms with Crippen molar-refractivity contribution in [3.63, 3.8) is 0 Å². The molecule has 23 heavy (non-hydrogen) atoms. The van der Waals surface area contributed by atoms with E-state index in [-0.39, 0.29) is 5.54 Å². The van der Waals surface area contributed by atoms with Gasteiger partial charge in [-0.3, -0.25) is 4.90 Å². The molecule has 1 aromatic rings. The molecule has 126 valence electrons. The summed E-state index contributed by atoms with van der Waals surface area (Å²) in [6.45, 7) is 6.18. The third-order valence-electron chi connectivity index (χ3n) is 5.58. The molecule has 6 nitrogen and oxygen atoms in total. The molecule has 0 bridgehead atoms. The standard InChI is InChI=1S/C17H26N4O2/c1-22-16-10-15(18-13-19-16)20-6-4-17(5-7-20)12-23-9-8-21(17)11-14-2-3-14/h10,13-14H,2-9,11-12H2,1H3. The summed E-state index contributed by atoms with van der Waals surface area (Å²) >= 11 is 0. The number of hydrogen-bond acceptors (Lipinski definition) is 6. The highest BCUT2D eigenvalue weighted by molar-refractivity contribution is 5.41. The molecule has 0 aromatic carbocycles. The Kier molecular flexibility index (Phi) is 4.11. The maximum absolute atomic E-state index is 5.87. The van der Waals surface area contributed by atoms with Crippen LogP contribution in [0.15, 0.2) is 12.4 Å². The first-order chi connectivity index (χ1) is 11.3. The molecule has 3 fully saturated rings. The summed E-state index contributed by atoms with van der Waals surface area (Å²) < 4.78 is 11.1. The fourth-order valence-electron chi connectivity index (χ4n) is 3.89. The van der Waals surface area contributed by atoms with Crippen LogP contribution in [0.25, 0.3) is 0 Å². The van der Waals surface area contributed by atoms with Gasteiger partial charge in [-0.15, -0.1) is 0 Å². The van der Waals surface area contributed by atoms with Gasteiger partial charge in [-0.25, -0.2) is 9.97 Å². The van der Waals surface area contributed by atoms with E-state index in [2.05, 4.69) is 19.8 Å². The van der Waals surface area contributed by atoms with E-state index in [1.54, 1.807) is 13.4 Å². The SMILES string of the molecule is COc1cc(N2CCC3(CC2)COCCN3CC2CC2)ncn1.